The summed E-state index contributed by atoms with van der Waals surface area (Å²) in [6.45, 7) is 2.18. The van der Waals surface area contributed by atoms with Crippen molar-refractivity contribution in [3.63, 3.8) is 0 Å². The van der Waals surface area contributed by atoms with Gasteiger partial charge in [-0.25, -0.2) is 9.48 Å². The van der Waals surface area contributed by atoms with E-state index in [-0.39, 0.29) is 6.61 Å². The number of carbonyl (C=O) groups is 1. The highest BCUT2D eigenvalue weighted by Crippen LogP contribution is 2.29. The molecule has 0 aliphatic carbocycles. The molecule has 21 heavy (non-hydrogen) atoms. The highest BCUT2D eigenvalue weighted by atomic mass is 16.5. The Labute approximate surface area is 122 Å². The van der Waals surface area contributed by atoms with Gasteiger partial charge in [0.2, 0.25) is 5.88 Å². The largest absolute Gasteiger partial charge is 0.477 e. The Balaban J connectivity index is 2.56. The third-order valence-corrected chi connectivity index (χ3v) is 2.83. The summed E-state index contributed by atoms with van der Waals surface area (Å²) in [7, 11) is 0. The summed E-state index contributed by atoms with van der Waals surface area (Å²) in [5.41, 5.74) is 6.59. The van der Waals surface area contributed by atoms with Gasteiger partial charge in [0.1, 0.15) is 5.82 Å². The normalized spacial score (nSPS) is 10.4. The second-order valence-electron chi connectivity index (χ2n) is 4.28. The molecule has 1 heterocycles. The molecule has 0 spiro atoms. The number of nitrogens with two attached hydrogens (primary N) is 1. The molecule has 0 fully saturated rings. The monoisotopic (exact) mass is 290 g/mol. The maximum atomic E-state index is 11.2. The minimum absolute atomic E-state index is 0.0893. The molecule has 2 aromatic rings. The van der Waals surface area contributed by atoms with Gasteiger partial charge in [-0.15, -0.1) is 5.10 Å². The van der Waals surface area contributed by atoms with Crippen LogP contribution in [0.1, 0.15) is 12.5 Å². The summed E-state index contributed by atoms with van der Waals surface area (Å²) in [6.07, 6.45) is 0.303. The summed E-state index contributed by atoms with van der Waals surface area (Å²) in [6, 6.07) is 8.59. The van der Waals surface area contributed by atoms with Crippen molar-refractivity contribution in [2.45, 2.75) is 13.3 Å². The Morgan fingerprint density at radius 2 is 2.14 bits per heavy atom. The van der Waals surface area contributed by atoms with Gasteiger partial charge in [-0.1, -0.05) is 18.2 Å². The molecule has 2 amide bonds. The van der Waals surface area contributed by atoms with Crippen LogP contribution in [0.3, 0.4) is 0 Å². The molecule has 0 saturated carbocycles. The number of aliphatic hydroxyl groups excluding tert-OH is 1. The third-order valence-electron chi connectivity index (χ3n) is 2.83. The summed E-state index contributed by atoms with van der Waals surface area (Å²) >= 11 is 0. The first-order valence-electron chi connectivity index (χ1n) is 6.64. The summed E-state index contributed by atoms with van der Waals surface area (Å²) in [4.78, 5) is 11.2. The molecule has 0 saturated heterocycles. The molecule has 0 radical (unpaired) electrons. The molecule has 112 valence electrons. The van der Waals surface area contributed by atoms with Crippen molar-refractivity contribution in [1.82, 2.24) is 9.78 Å². The number of hydrogen-bond donors (Lipinski definition) is 3. The standard InChI is InChI=1S/C14H18N4O3/c1-2-21-13-11(8-9-19)12(16-14(15)20)18(17-13)10-6-4-3-5-7-10/h3-7,19H,2,8-9H2,1H3,(H3,15,16,20). The van der Waals surface area contributed by atoms with Crippen molar-refractivity contribution in [2.24, 2.45) is 5.73 Å². The number of nitrogens with zero attached hydrogens (tertiary/aromatic N) is 2. The van der Waals surface area contributed by atoms with Crippen molar-refractivity contribution in [2.75, 3.05) is 18.5 Å². The zero-order valence-electron chi connectivity index (χ0n) is 11.7. The Bertz CT molecular complexity index is 610. The van der Waals surface area contributed by atoms with Gasteiger partial charge in [-0.3, -0.25) is 5.32 Å². The molecule has 7 nitrogen and oxygen atoms in total. The van der Waals surface area contributed by atoms with Crippen molar-refractivity contribution in [3.05, 3.63) is 35.9 Å². The van der Waals surface area contributed by atoms with E-state index in [1.165, 1.54) is 0 Å². The Hall–Kier alpha value is -2.54. The first-order chi connectivity index (χ1) is 10.2. The van der Waals surface area contributed by atoms with Crippen LogP contribution in [0.5, 0.6) is 5.88 Å². The van der Waals surface area contributed by atoms with E-state index in [9.17, 15) is 9.90 Å². The van der Waals surface area contributed by atoms with Crippen LogP contribution in [0, 0.1) is 0 Å². The fourth-order valence-electron chi connectivity index (χ4n) is 2.02. The van der Waals surface area contributed by atoms with Crippen LogP contribution in [-0.4, -0.2) is 34.1 Å². The average molecular weight is 290 g/mol. The van der Waals surface area contributed by atoms with Gasteiger partial charge in [-0.05, 0) is 19.1 Å². The van der Waals surface area contributed by atoms with E-state index >= 15 is 0 Å². The topological polar surface area (TPSA) is 102 Å². The molecule has 2 rings (SSSR count). The Morgan fingerprint density at radius 3 is 2.71 bits per heavy atom. The minimum atomic E-state index is -0.700. The zero-order chi connectivity index (χ0) is 15.2. The zero-order valence-corrected chi connectivity index (χ0v) is 11.7. The number of aliphatic hydroxyl groups is 1. The molecule has 0 aliphatic heterocycles. The van der Waals surface area contributed by atoms with E-state index in [1.54, 1.807) is 4.68 Å². The number of aromatic nitrogens is 2. The molecule has 0 bridgehead atoms. The molecule has 7 heteroatoms. The van der Waals surface area contributed by atoms with E-state index in [1.807, 2.05) is 37.3 Å². The van der Waals surface area contributed by atoms with Crippen LogP contribution in [0.15, 0.2) is 30.3 Å². The van der Waals surface area contributed by atoms with Crippen molar-refractivity contribution < 1.29 is 14.6 Å². The predicted molar refractivity (Wildman–Crippen MR) is 78.7 cm³/mol. The molecule has 0 unspecified atom stereocenters. The SMILES string of the molecule is CCOc1nn(-c2ccccc2)c(NC(N)=O)c1CCO. The molecule has 1 aromatic heterocycles. The van der Waals surface area contributed by atoms with Gasteiger partial charge in [-0.2, -0.15) is 0 Å². The predicted octanol–water partition coefficient (Wildman–Crippen LogP) is 1.30. The van der Waals surface area contributed by atoms with Gasteiger partial charge in [0.05, 0.1) is 17.9 Å². The highest BCUT2D eigenvalue weighted by molar-refractivity contribution is 5.88. The Morgan fingerprint density at radius 1 is 1.43 bits per heavy atom. The van der Waals surface area contributed by atoms with E-state index in [4.69, 9.17) is 10.5 Å². The number of anilines is 1. The maximum Gasteiger partial charge on any atom is 0.317 e. The lowest BCUT2D eigenvalue weighted by Gasteiger charge is -2.08. The number of amides is 2. The number of rotatable bonds is 6. The highest BCUT2D eigenvalue weighted by Gasteiger charge is 2.20. The van der Waals surface area contributed by atoms with Gasteiger partial charge >= 0.3 is 6.03 Å². The molecule has 1 aromatic carbocycles. The molecular weight excluding hydrogens is 272 g/mol. The Kier molecular flexibility index (Phi) is 4.78. The van der Waals surface area contributed by atoms with Gasteiger partial charge in [0, 0.05) is 13.0 Å². The quantitative estimate of drug-likeness (QED) is 0.746. The van der Waals surface area contributed by atoms with Crippen LogP contribution in [0.4, 0.5) is 10.6 Å². The van der Waals surface area contributed by atoms with E-state index in [0.29, 0.717) is 30.3 Å². The van der Waals surface area contributed by atoms with Gasteiger partial charge in [0.25, 0.3) is 0 Å². The molecule has 0 atom stereocenters. The van der Waals surface area contributed by atoms with Gasteiger partial charge < -0.3 is 15.6 Å². The molecule has 0 aliphatic rings. The number of ether oxygens (including phenoxy) is 1. The van der Waals surface area contributed by atoms with Crippen molar-refractivity contribution >= 4 is 11.8 Å². The lowest BCUT2D eigenvalue weighted by molar-refractivity contribution is 0.259. The van der Waals surface area contributed by atoms with Crippen molar-refractivity contribution in [1.29, 1.82) is 0 Å². The summed E-state index contributed by atoms with van der Waals surface area (Å²) in [5.74, 6) is 0.783. The number of hydrogen-bond acceptors (Lipinski definition) is 4. The number of benzene rings is 1. The van der Waals surface area contributed by atoms with Crippen LogP contribution in [-0.2, 0) is 6.42 Å². The second kappa shape index (κ2) is 6.76. The lowest BCUT2D eigenvalue weighted by Crippen LogP contribution is -2.22. The fraction of sp³-hybridized carbons (Fsp3) is 0.286. The fourth-order valence-corrected chi connectivity index (χ4v) is 2.02. The van der Waals surface area contributed by atoms with Crippen LogP contribution in [0.2, 0.25) is 0 Å². The number of carbonyl (C=O) groups excluding carboxylic acids is 1. The molecule has 4 N–H and O–H groups in total. The number of primary amides is 1. The second-order valence-corrected chi connectivity index (χ2v) is 4.28. The first-order valence-corrected chi connectivity index (χ1v) is 6.64. The maximum absolute atomic E-state index is 11.2. The number of urea groups is 1. The van der Waals surface area contributed by atoms with E-state index in [0.717, 1.165) is 5.69 Å². The van der Waals surface area contributed by atoms with Crippen LogP contribution >= 0.6 is 0 Å². The molecular formula is C14H18N4O3. The average Bonchev–Trinajstić information content (AvgIpc) is 2.79. The van der Waals surface area contributed by atoms with Crippen LogP contribution in [0.25, 0.3) is 5.69 Å². The first kappa shape index (κ1) is 14.9. The van der Waals surface area contributed by atoms with Gasteiger partial charge in [0.15, 0.2) is 0 Å². The minimum Gasteiger partial charge on any atom is -0.477 e. The number of nitrogens with one attached hydrogen (secondary N) is 1. The summed E-state index contributed by atoms with van der Waals surface area (Å²) in [5, 5.41) is 16.1. The third kappa shape index (κ3) is 3.32. The lowest BCUT2D eigenvalue weighted by atomic mass is 10.2. The number of para-hydroxylation sites is 1. The van der Waals surface area contributed by atoms with E-state index in [2.05, 4.69) is 10.4 Å². The van der Waals surface area contributed by atoms with Crippen molar-refractivity contribution in [3.8, 4) is 11.6 Å². The summed E-state index contributed by atoms with van der Waals surface area (Å²) < 4.78 is 7.02. The van der Waals surface area contributed by atoms with E-state index < -0.39 is 6.03 Å². The smallest absolute Gasteiger partial charge is 0.317 e. The van der Waals surface area contributed by atoms with Crippen LogP contribution < -0.4 is 15.8 Å².